The number of hydrogen-bond donors (Lipinski definition) is 1. The molecule has 1 aromatic heterocycles. The minimum Gasteiger partial charge on any atom is -0.383 e. The summed E-state index contributed by atoms with van der Waals surface area (Å²) in [6.45, 7) is 8.88. The fraction of sp³-hybridized carbons (Fsp3) is 0.500. The van der Waals surface area contributed by atoms with Crippen molar-refractivity contribution < 1.29 is 0 Å². The second-order valence-electron chi connectivity index (χ2n) is 7.10. The standard InChI is InChI=1S/C18H25N3/c1-18(2,3)15-12-13-11-14(21-9-5-4-6-10-21)7-8-16(13)20-17(15)19/h7-8,11-12H,4-6,9-10H2,1-3H3,(H2,19,20). The van der Waals surface area contributed by atoms with Gasteiger partial charge in [0.2, 0.25) is 0 Å². The normalized spacial score (nSPS) is 16.4. The molecule has 1 aromatic carbocycles. The largest absolute Gasteiger partial charge is 0.383 e. The number of nitrogens with zero attached hydrogens (tertiary/aromatic N) is 2. The lowest BCUT2D eigenvalue weighted by Gasteiger charge is -2.29. The molecular weight excluding hydrogens is 258 g/mol. The summed E-state index contributed by atoms with van der Waals surface area (Å²) in [5.41, 5.74) is 9.58. The molecule has 2 heterocycles. The Kier molecular flexibility index (Phi) is 3.52. The first-order valence-corrected chi connectivity index (χ1v) is 7.91. The van der Waals surface area contributed by atoms with Crippen molar-refractivity contribution in [3.05, 3.63) is 29.8 Å². The van der Waals surface area contributed by atoms with Crippen LogP contribution in [0, 0.1) is 0 Å². The average Bonchev–Trinajstić information content (AvgIpc) is 2.46. The Labute approximate surface area is 127 Å². The molecule has 0 saturated carbocycles. The molecular formula is C18H25N3. The summed E-state index contributed by atoms with van der Waals surface area (Å²) in [7, 11) is 0. The molecule has 0 unspecified atom stereocenters. The summed E-state index contributed by atoms with van der Waals surface area (Å²) in [5, 5.41) is 1.19. The summed E-state index contributed by atoms with van der Waals surface area (Å²) in [5.74, 6) is 0.653. The maximum Gasteiger partial charge on any atom is 0.127 e. The van der Waals surface area contributed by atoms with E-state index in [1.807, 2.05) is 0 Å². The lowest BCUT2D eigenvalue weighted by Crippen LogP contribution is -2.29. The molecule has 0 aliphatic carbocycles. The van der Waals surface area contributed by atoms with E-state index in [1.54, 1.807) is 0 Å². The maximum absolute atomic E-state index is 6.13. The van der Waals surface area contributed by atoms with E-state index in [0.29, 0.717) is 5.82 Å². The number of hydrogen-bond acceptors (Lipinski definition) is 3. The van der Waals surface area contributed by atoms with Gasteiger partial charge in [0.1, 0.15) is 5.82 Å². The van der Waals surface area contributed by atoms with Crippen LogP contribution in [-0.4, -0.2) is 18.1 Å². The van der Waals surface area contributed by atoms with Gasteiger partial charge in [0, 0.05) is 29.7 Å². The Hall–Kier alpha value is -1.77. The van der Waals surface area contributed by atoms with Gasteiger partial charge in [-0.3, -0.25) is 0 Å². The van der Waals surface area contributed by atoms with Crippen molar-refractivity contribution >= 4 is 22.4 Å². The number of aromatic nitrogens is 1. The molecule has 2 aromatic rings. The topological polar surface area (TPSA) is 42.2 Å². The predicted octanol–water partition coefficient (Wildman–Crippen LogP) is 4.10. The monoisotopic (exact) mass is 283 g/mol. The van der Waals surface area contributed by atoms with Crippen LogP contribution in [0.2, 0.25) is 0 Å². The highest BCUT2D eigenvalue weighted by atomic mass is 15.1. The van der Waals surface area contributed by atoms with E-state index in [9.17, 15) is 0 Å². The molecule has 0 spiro atoms. The molecule has 2 N–H and O–H groups in total. The Bertz CT molecular complexity index is 649. The zero-order chi connectivity index (χ0) is 15.0. The smallest absolute Gasteiger partial charge is 0.127 e. The van der Waals surface area contributed by atoms with Gasteiger partial charge in [0.15, 0.2) is 0 Å². The summed E-state index contributed by atoms with van der Waals surface area (Å²) >= 11 is 0. The second-order valence-corrected chi connectivity index (χ2v) is 7.10. The molecule has 1 saturated heterocycles. The van der Waals surface area contributed by atoms with Gasteiger partial charge in [-0.1, -0.05) is 20.8 Å². The number of benzene rings is 1. The van der Waals surface area contributed by atoms with Crippen molar-refractivity contribution in [2.24, 2.45) is 0 Å². The van der Waals surface area contributed by atoms with Gasteiger partial charge < -0.3 is 10.6 Å². The Morgan fingerprint density at radius 1 is 1.05 bits per heavy atom. The summed E-state index contributed by atoms with van der Waals surface area (Å²) in [6, 6.07) is 8.76. The molecule has 0 bridgehead atoms. The van der Waals surface area contributed by atoms with E-state index in [0.717, 1.165) is 11.1 Å². The molecule has 3 nitrogen and oxygen atoms in total. The number of nitrogens with two attached hydrogens (primary N) is 1. The number of nitrogen functional groups attached to an aromatic ring is 1. The first kappa shape index (κ1) is 14.2. The van der Waals surface area contributed by atoms with Crippen molar-refractivity contribution in [2.45, 2.75) is 45.4 Å². The number of fused-ring (bicyclic) bond motifs is 1. The highest BCUT2D eigenvalue weighted by molar-refractivity contribution is 5.85. The van der Waals surface area contributed by atoms with Crippen LogP contribution in [-0.2, 0) is 5.41 Å². The van der Waals surface area contributed by atoms with Gasteiger partial charge in [-0.15, -0.1) is 0 Å². The Morgan fingerprint density at radius 2 is 1.76 bits per heavy atom. The number of rotatable bonds is 1. The Morgan fingerprint density at radius 3 is 2.43 bits per heavy atom. The van der Waals surface area contributed by atoms with Crippen molar-refractivity contribution in [3.63, 3.8) is 0 Å². The molecule has 3 rings (SSSR count). The van der Waals surface area contributed by atoms with Crippen LogP contribution < -0.4 is 10.6 Å². The summed E-state index contributed by atoms with van der Waals surface area (Å²) < 4.78 is 0. The van der Waals surface area contributed by atoms with E-state index in [2.05, 4.69) is 54.9 Å². The molecule has 1 aliphatic rings. The van der Waals surface area contributed by atoms with Crippen LogP contribution >= 0.6 is 0 Å². The van der Waals surface area contributed by atoms with Gasteiger partial charge in [-0.05, 0) is 48.9 Å². The van der Waals surface area contributed by atoms with Crippen molar-refractivity contribution in [1.29, 1.82) is 0 Å². The van der Waals surface area contributed by atoms with Crippen molar-refractivity contribution in [3.8, 4) is 0 Å². The third-order valence-corrected chi connectivity index (χ3v) is 4.36. The molecule has 1 fully saturated rings. The minimum absolute atomic E-state index is 0.0202. The lowest BCUT2D eigenvalue weighted by atomic mass is 9.86. The average molecular weight is 283 g/mol. The van der Waals surface area contributed by atoms with Crippen LogP contribution in [0.25, 0.3) is 10.9 Å². The fourth-order valence-electron chi connectivity index (χ4n) is 3.13. The summed E-state index contributed by atoms with van der Waals surface area (Å²) in [4.78, 5) is 7.07. The van der Waals surface area contributed by atoms with Gasteiger partial charge in [-0.25, -0.2) is 4.98 Å². The van der Waals surface area contributed by atoms with Crippen molar-refractivity contribution in [1.82, 2.24) is 4.98 Å². The zero-order valence-corrected chi connectivity index (χ0v) is 13.3. The second kappa shape index (κ2) is 5.21. The van der Waals surface area contributed by atoms with Gasteiger partial charge in [0.05, 0.1) is 5.52 Å². The number of pyridine rings is 1. The lowest BCUT2D eigenvalue weighted by molar-refractivity contribution is 0.578. The first-order valence-electron chi connectivity index (χ1n) is 7.91. The molecule has 1 aliphatic heterocycles. The molecule has 21 heavy (non-hydrogen) atoms. The molecule has 0 atom stereocenters. The van der Waals surface area contributed by atoms with Crippen LogP contribution in [0.3, 0.4) is 0 Å². The zero-order valence-electron chi connectivity index (χ0n) is 13.3. The fourth-order valence-corrected chi connectivity index (χ4v) is 3.13. The molecule has 3 heteroatoms. The van der Waals surface area contributed by atoms with E-state index in [-0.39, 0.29) is 5.41 Å². The van der Waals surface area contributed by atoms with Gasteiger partial charge in [0.25, 0.3) is 0 Å². The van der Waals surface area contributed by atoms with E-state index in [4.69, 9.17) is 5.73 Å². The highest BCUT2D eigenvalue weighted by Crippen LogP contribution is 2.31. The molecule has 0 amide bonds. The Balaban J connectivity index is 2.05. The van der Waals surface area contributed by atoms with Gasteiger partial charge >= 0.3 is 0 Å². The number of anilines is 2. The van der Waals surface area contributed by atoms with E-state index in [1.165, 1.54) is 43.4 Å². The first-order chi connectivity index (χ1) is 9.95. The summed E-state index contributed by atoms with van der Waals surface area (Å²) in [6.07, 6.45) is 3.95. The third-order valence-electron chi connectivity index (χ3n) is 4.36. The van der Waals surface area contributed by atoms with E-state index < -0.39 is 0 Å². The number of piperidine rings is 1. The van der Waals surface area contributed by atoms with Crippen LogP contribution in [0.5, 0.6) is 0 Å². The van der Waals surface area contributed by atoms with Crippen molar-refractivity contribution in [2.75, 3.05) is 23.7 Å². The molecule has 112 valence electrons. The third kappa shape index (κ3) is 2.82. The maximum atomic E-state index is 6.13. The van der Waals surface area contributed by atoms with Crippen LogP contribution in [0.15, 0.2) is 24.3 Å². The quantitative estimate of drug-likeness (QED) is 0.856. The van der Waals surface area contributed by atoms with Crippen LogP contribution in [0.4, 0.5) is 11.5 Å². The highest BCUT2D eigenvalue weighted by Gasteiger charge is 2.19. The minimum atomic E-state index is 0.0202. The van der Waals surface area contributed by atoms with E-state index >= 15 is 0 Å². The SMILES string of the molecule is CC(C)(C)c1cc2cc(N3CCCCC3)ccc2nc1N. The predicted molar refractivity (Wildman–Crippen MR) is 90.9 cm³/mol. The van der Waals surface area contributed by atoms with Gasteiger partial charge in [-0.2, -0.15) is 0 Å². The van der Waals surface area contributed by atoms with Crippen LogP contribution in [0.1, 0.15) is 45.6 Å². The molecule has 0 radical (unpaired) electrons.